The first-order chi connectivity index (χ1) is 9.58. The third-order valence-corrected chi connectivity index (χ3v) is 3.86. The standard InChI is InChI=1S/C15H23N3O2/c1-17(15(19)20)9-14-5-6-18(11-14)10-13-4-2-3-12(7-13)8-16/h2-4,7,14H,5-6,8-11,16H2,1H3,(H,19,20). The zero-order chi connectivity index (χ0) is 14.5. The summed E-state index contributed by atoms with van der Waals surface area (Å²) in [6.45, 7) is 4.10. The van der Waals surface area contributed by atoms with Crippen molar-refractivity contribution in [2.24, 2.45) is 11.7 Å². The molecule has 0 spiro atoms. The van der Waals surface area contributed by atoms with Crippen LogP contribution in [0.25, 0.3) is 0 Å². The normalized spacial score (nSPS) is 19.2. The minimum Gasteiger partial charge on any atom is -0.465 e. The van der Waals surface area contributed by atoms with Gasteiger partial charge >= 0.3 is 6.09 Å². The second kappa shape index (κ2) is 6.72. The zero-order valence-corrected chi connectivity index (χ0v) is 12.0. The molecule has 1 saturated heterocycles. The van der Waals surface area contributed by atoms with Gasteiger partial charge in [-0.1, -0.05) is 24.3 Å². The average Bonchev–Trinajstić information content (AvgIpc) is 2.86. The molecule has 2 rings (SSSR count). The number of likely N-dealkylation sites (tertiary alicyclic amines) is 1. The number of amides is 1. The van der Waals surface area contributed by atoms with Gasteiger partial charge in [-0.3, -0.25) is 4.90 Å². The van der Waals surface area contributed by atoms with Crippen molar-refractivity contribution < 1.29 is 9.90 Å². The largest absolute Gasteiger partial charge is 0.465 e. The van der Waals surface area contributed by atoms with Gasteiger partial charge in [0, 0.05) is 33.2 Å². The zero-order valence-electron chi connectivity index (χ0n) is 12.0. The van der Waals surface area contributed by atoms with E-state index in [4.69, 9.17) is 10.8 Å². The van der Waals surface area contributed by atoms with Gasteiger partial charge in [-0.25, -0.2) is 4.79 Å². The smallest absolute Gasteiger partial charge is 0.407 e. The van der Waals surface area contributed by atoms with Crippen LogP contribution in [0.15, 0.2) is 24.3 Å². The van der Waals surface area contributed by atoms with Crippen molar-refractivity contribution in [3.63, 3.8) is 0 Å². The minimum absolute atomic E-state index is 0.439. The maximum Gasteiger partial charge on any atom is 0.407 e. The third-order valence-electron chi connectivity index (χ3n) is 3.86. The fourth-order valence-corrected chi connectivity index (χ4v) is 2.78. The van der Waals surface area contributed by atoms with Crippen LogP contribution >= 0.6 is 0 Å². The first kappa shape index (κ1) is 14.8. The van der Waals surface area contributed by atoms with E-state index in [-0.39, 0.29) is 0 Å². The van der Waals surface area contributed by atoms with Crippen molar-refractivity contribution in [3.8, 4) is 0 Å². The van der Waals surface area contributed by atoms with Crippen molar-refractivity contribution in [2.45, 2.75) is 19.5 Å². The Morgan fingerprint density at radius 3 is 2.95 bits per heavy atom. The Labute approximate surface area is 120 Å². The van der Waals surface area contributed by atoms with Crippen LogP contribution in [-0.2, 0) is 13.1 Å². The molecular weight excluding hydrogens is 254 g/mol. The molecule has 0 radical (unpaired) electrons. The van der Waals surface area contributed by atoms with E-state index < -0.39 is 6.09 Å². The Bertz CT molecular complexity index is 464. The van der Waals surface area contributed by atoms with Gasteiger partial charge in [-0.15, -0.1) is 0 Å². The van der Waals surface area contributed by atoms with Gasteiger partial charge in [0.05, 0.1) is 0 Å². The lowest BCUT2D eigenvalue weighted by atomic mass is 10.1. The number of rotatable bonds is 5. The first-order valence-electron chi connectivity index (χ1n) is 7.02. The number of nitrogens with zero attached hydrogens (tertiary/aromatic N) is 2. The number of hydrogen-bond donors (Lipinski definition) is 2. The molecule has 20 heavy (non-hydrogen) atoms. The SMILES string of the molecule is CN(CC1CCN(Cc2cccc(CN)c2)C1)C(=O)O. The van der Waals surface area contributed by atoms with E-state index in [0.29, 0.717) is 19.0 Å². The Hall–Kier alpha value is -1.59. The van der Waals surface area contributed by atoms with E-state index in [1.54, 1.807) is 7.05 Å². The van der Waals surface area contributed by atoms with Gasteiger partial charge in [-0.2, -0.15) is 0 Å². The topological polar surface area (TPSA) is 69.8 Å². The molecule has 3 N–H and O–H groups in total. The van der Waals surface area contributed by atoms with E-state index in [9.17, 15) is 4.79 Å². The van der Waals surface area contributed by atoms with E-state index in [1.807, 2.05) is 12.1 Å². The average molecular weight is 277 g/mol. The molecule has 1 heterocycles. The van der Waals surface area contributed by atoms with Gasteiger partial charge in [-0.05, 0) is 30.0 Å². The molecule has 0 bridgehead atoms. The molecule has 1 fully saturated rings. The number of benzene rings is 1. The molecule has 1 atom stereocenters. The lowest BCUT2D eigenvalue weighted by Gasteiger charge is -2.19. The predicted octanol–water partition coefficient (Wildman–Crippen LogP) is 1.58. The summed E-state index contributed by atoms with van der Waals surface area (Å²) >= 11 is 0. The van der Waals surface area contributed by atoms with Crippen molar-refractivity contribution in [1.82, 2.24) is 9.80 Å². The Morgan fingerprint density at radius 2 is 2.25 bits per heavy atom. The lowest BCUT2D eigenvalue weighted by Crippen LogP contribution is -2.31. The molecule has 5 heteroatoms. The monoisotopic (exact) mass is 277 g/mol. The molecule has 1 aromatic carbocycles. The summed E-state index contributed by atoms with van der Waals surface area (Å²) in [4.78, 5) is 14.6. The summed E-state index contributed by atoms with van der Waals surface area (Å²) in [7, 11) is 1.63. The van der Waals surface area contributed by atoms with Crippen LogP contribution in [0, 0.1) is 5.92 Å². The van der Waals surface area contributed by atoms with Gasteiger partial charge < -0.3 is 15.7 Å². The van der Waals surface area contributed by atoms with Crippen LogP contribution < -0.4 is 5.73 Å². The molecule has 110 valence electrons. The highest BCUT2D eigenvalue weighted by atomic mass is 16.4. The molecule has 0 saturated carbocycles. The number of carboxylic acid groups (broad SMARTS) is 1. The molecule has 1 aliphatic heterocycles. The number of nitrogens with two attached hydrogens (primary N) is 1. The molecular formula is C15H23N3O2. The fraction of sp³-hybridized carbons (Fsp3) is 0.533. The maximum absolute atomic E-state index is 10.8. The van der Waals surface area contributed by atoms with E-state index in [0.717, 1.165) is 31.6 Å². The Kier molecular flexibility index (Phi) is 4.98. The summed E-state index contributed by atoms with van der Waals surface area (Å²) in [5, 5.41) is 8.90. The molecule has 5 nitrogen and oxygen atoms in total. The summed E-state index contributed by atoms with van der Waals surface area (Å²) in [5.74, 6) is 0.439. The summed E-state index contributed by atoms with van der Waals surface area (Å²) in [6.07, 6.45) is 0.216. The molecule has 1 unspecified atom stereocenters. The first-order valence-corrected chi connectivity index (χ1v) is 7.02. The van der Waals surface area contributed by atoms with Gasteiger partial charge in [0.25, 0.3) is 0 Å². The van der Waals surface area contributed by atoms with E-state index in [2.05, 4.69) is 17.0 Å². The van der Waals surface area contributed by atoms with Crippen LogP contribution in [0.5, 0.6) is 0 Å². The van der Waals surface area contributed by atoms with Crippen molar-refractivity contribution in [3.05, 3.63) is 35.4 Å². The summed E-state index contributed by atoms with van der Waals surface area (Å²) < 4.78 is 0. The lowest BCUT2D eigenvalue weighted by molar-refractivity contribution is 0.148. The summed E-state index contributed by atoms with van der Waals surface area (Å²) in [6, 6.07) is 8.36. The number of carbonyl (C=O) groups is 1. The van der Waals surface area contributed by atoms with Crippen LogP contribution in [0.1, 0.15) is 17.5 Å². The molecule has 1 aliphatic rings. The highest BCUT2D eigenvalue weighted by molar-refractivity contribution is 5.64. The third kappa shape index (κ3) is 3.95. The maximum atomic E-state index is 10.8. The summed E-state index contributed by atoms with van der Waals surface area (Å²) in [5.41, 5.74) is 8.09. The highest BCUT2D eigenvalue weighted by Gasteiger charge is 2.24. The molecule has 0 aromatic heterocycles. The molecule has 1 aromatic rings. The van der Waals surface area contributed by atoms with Crippen molar-refractivity contribution in [2.75, 3.05) is 26.7 Å². The van der Waals surface area contributed by atoms with Crippen LogP contribution in [0.4, 0.5) is 4.79 Å². The Morgan fingerprint density at radius 1 is 1.50 bits per heavy atom. The van der Waals surface area contributed by atoms with E-state index in [1.165, 1.54) is 10.5 Å². The highest BCUT2D eigenvalue weighted by Crippen LogP contribution is 2.19. The number of hydrogen-bond acceptors (Lipinski definition) is 3. The molecule has 0 aliphatic carbocycles. The van der Waals surface area contributed by atoms with Crippen molar-refractivity contribution >= 4 is 6.09 Å². The molecule has 1 amide bonds. The van der Waals surface area contributed by atoms with Gasteiger partial charge in [0.1, 0.15) is 0 Å². The predicted molar refractivity (Wildman–Crippen MR) is 78.4 cm³/mol. The second-order valence-corrected chi connectivity index (χ2v) is 5.58. The van der Waals surface area contributed by atoms with Crippen LogP contribution in [0.3, 0.4) is 0 Å². The van der Waals surface area contributed by atoms with Crippen LogP contribution in [-0.4, -0.2) is 47.7 Å². The fourth-order valence-electron chi connectivity index (χ4n) is 2.78. The Balaban J connectivity index is 1.85. The second-order valence-electron chi connectivity index (χ2n) is 5.58. The van der Waals surface area contributed by atoms with E-state index >= 15 is 0 Å². The van der Waals surface area contributed by atoms with Crippen molar-refractivity contribution in [1.29, 1.82) is 0 Å². The minimum atomic E-state index is -0.848. The van der Waals surface area contributed by atoms with Gasteiger partial charge in [0.2, 0.25) is 0 Å². The quantitative estimate of drug-likeness (QED) is 0.857. The van der Waals surface area contributed by atoms with Crippen LogP contribution in [0.2, 0.25) is 0 Å². The van der Waals surface area contributed by atoms with Gasteiger partial charge in [0.15, 0.2) is 0 Å².